The lowest BCUT2D eigenvalue weighted by atomic mass is 10.1. The number of likely N-dealkylation sites (N-methyl/N-ethyl adjacent to an activating group) is 2. The zero-order valence-corrected chi connectivity index (χ0v) is 15.8. The van der Waals surface area contributed by atoms with Gasteiger partial charge in [0, 0.05) is 40.0 Å². The Labute approximate surface area is 154 Å². The highest BCUT2D eigenvalue weighted by Crippen LogP contribution is 2.08. The summed E-state index contributed by atoms with van der Waals surface area (Å²) in [7, 11) is 3.20. The van der Waals surface area contributed by atoms with Gasteiger partial charge in [-0.2, -0.15) is 0 Å². The molecule has 1 N–H and O–H groups in total. The molecule has 26 heavy (non-hydrogen) atoms. The van der Waals surface area contributed by atoms with Crippen molar-refractivity contribution in [3.63, 3.8) is 0 Å². The van der Waals surface area contributed by atoms with Crippen LogP contribution < -0.4 is 0 Å². The standard InChI is InChI=1S/C19H28N2O5/c1-14(2)12-17(22)20(3)10-11-21(4)19(25)26-16(18(23)24)13-15-8-6-5-7-9-15/h5-9,14,16H,10-13H2,1-4H3,(H,23,24)/t16-/m0/s1. The summed E-state index contributed by atoms with van der Waals surface area (Å²) < 4.78 is 5.12. The van der Waals surface area contributed by atoms with Crippen molar-refractivity contribution in [3.8, 4) is 0 Å². The molecule has 0 bridgehead atoms. The highest BCUT2D eigenvalue weighted by atomic mass is 16.6. The fourth-order valence-electron chi connectivity index (χ4n) is 2.24. The lowest BCUT2D eigenvalue weighted by molar-refractivity contribution is -0.147. The van der Waals surface area contributed by atoms with Crippen molar-refractivity contribution in [2.75, 3.05) is 27.2 Å². The zero-order chi connectivity index (χ0) is 19.7. The second-order valence-electron chi connectivity index (χ2n) is 6.74. The van der Waals surface area contributed by atoms with Crippen LogP contribution in [0.15, 0.2) is 30.3 Å². The number of carboxylic acid groups (broad SMARTS) is 1. The first kappa shape index (κ1) is 21.5. The SMILES string of the molecule is CC(C)CC(=O)N(C)CCN(C)C(=O)O[C@@H](Cc1ccccc1)C(=O)O. The van der Waals surface area contributed by atoms with Gasteiger partial charge in [-0.1, -0.05) is 44.2 Å². The number of rotatable bonds is 9. The van der Waals surface area contributed by atoms with E-state index in [0.29, 0.717) is 13.0 Å². The number of amides is 2. The second-order valence-corrected chi connectivity index (χ2v) is 6.74. The minimum absolute atomic E-state index is 0.00857. The third-order valence-electron chi connectivity index (χ3n) is 3.87. The highest BCUT2D eigenvalue weighted by molar-refractivity contribution is 5.78. The largest absolute Gasteiger partial charge is 0.478 e. The molecule has 1 atom stereocenters. The lowest BCUT2D eigenvalue weighted by Gasteiger charge is -2.24. The fraction of sp³-hybridized carbons (Fsp3) is 0.526. The Hall–Kier alpha value is -2.57. The van der Waals surface area contributed by atoms with Gasteiger partial charge in [0.15, 0.2) is 0 Å². The van der Waals surface area contributed by atoms with E-state index in [1.165, 1.54) is 11.9 Å². The van der Waals surface area contributed by atoms with Gasteiger partial charge in [-0.25, -0.2) is 9.59 Å². The number of benzene rings is 1. The van der Waals surface area contributed by atoms with Crippen LogP contribution in [0.4, 0.5) is 4.79 Å². The number of ether oxygens (including phenoxy) is 1. The van der Waals surface area contributed by atoms with E-state index in [1.807, 2.05) is 19.9 Å². The first-order chi connectivity index (χ1) is 12.2. The van der Waals surface area contributed by atoms with Crippen molar-refractivity contribution in [3.05, 3.63) is 35.9 Å². The molecule has 144 valence electrons. The Balaban J connectivity index is 2.52. The van der Waals surface area contributed by atoms with Crippen molar-refractivity contribution < 1.29 is 24.2 Å². The Morgan fingerprint density at radius 1 is 1.04 bits per heavy atom. The molecule has 1 aromatic carbocycles. The molecular weight excluding hydrogens is 336 g/mol. The van der Waals surface area contributed by atoms with Gasteiger partial charge in [0.05, 0.1) is 0 Å². The van der Waals surface area contributed by atoms with Gasteiger partial charge in [-0.3, -0.25) is 4.79 Å². The molecule has 2 amide bonds. The van der Waals surface area contributed by atoms with Crippen molar-refractivity contribution in [1.82, 2.24) is 9.80 Å². The molecule has 0 saturated carbocycles. The Bertz CT molecular complexity index is 603. The predicted octanol–water partition coefficient (Wildman–Crippen LogP) is 2.26. The third kappa shape index (κ3) is 7.55. The average Bonchev–Trinajstić information content (AvgIpc) is 2.58. The van der Waals surface area contributed by atoms with Gasteiger partial charge in [-0.15, -0.1) is 0 Å². The molecule has 0 aliphatic rings. The lowest BCUT2D eigenvalue weighted by Crippen LogP contribution is -2.40. The summed E-state index contributed by atoms with van der Waals surface area (Å²) in [6.07, 6.45) is -1.43. The number of carbonyl (C=O) groups is 3. The molecule has 0 aliphatic heterocycles. The summed E-state index contributed by atoms with van der Waals surface area (Å²) >= 11 is 0. The molecular formula is C19H28N2O5. The van der Waals surface area contributed by atoms with Crippen molar-refractivity contribution in [1.29, 1.82) is 0 Å². The maximum absolute atomic E-state index is 12.1. The average molecular weight is 364 g/mol. The van der Waals surface area contributed by atoms with E-state index in [-0.39, 0.29) is 24.8 Å². The molecule has 0 fully saturated rings. The van der Waals surface area contributed by atoms with Crippen molar-refractivity contribution >= 4 is 18.0 Å². The number of hydrogen-bond acceptors (Lipinski definition) is 4. The molecule has 1 aromatic rings. The van der Waals surface area contributed by atoms with Gasteiger partial charge in [0.1, 0.15) is 0 Å². The number of carboxylic acids is 1. The number of hydrogen-bond donors (Lipinski definition) is 1. The second kappa shape index (κ2) is 10.4. The molecule has 7 nitrogen and oxygen atoms in total. The molecule has 0 saturated heterocycles. The summed E-state index contributed by atoms with van der Waals surface area (Å²) in [5.74, 6) is -0.920. The van der Waals surface area contributed by atoms with Crippen LogP contribution in [0.25, 0.3) is 0 Å². The highest BCUT2D eigenvalue weighted by Gasteiger charge is 2.24. The van der Waals surface area contributed by atoms with Gasteiger partial charge in [0.25, 0.3) is 0 Å². The minimum atomic E-state index is -1.26. The van der Waals surface area contributed by atoms with E-state index in [0.717, 1.165) is 5.56 Å². The van der Waals surface area contributed by atoms with Crippen LogP contribution in [0.2, 0.25) is 0 Å². The Morgan fingerprint density at radius 3 is 2.15 bits per heavy atom. The van der Waals surface area contributed by atoms with Crippen LogP contribution in [0.1, 0.15) is 25.8 Å². The Morgan fingerprint density at radius 2 is 1.62 bits per heavy atom. The Kier molecular flexibility index (Phi) is 8.61. The van der Waals surface area contributed by atoms with Gasteiger partial charge < -0.3 is 19.6 Å². The van der Waals surface area contributed by atoms with E-state index in [1.54, 1.807) is 36.2 Å². The maximum atomic E-state index is 12.1. The summed E-state index contributed by atoms with van der Waals surface area (Å²) in [4.78, 5) is 38.3. The molecule has 0 radical (unpaired) electrons. The molecule has 0 aliphatic carbocycles. The normalized spacial score (nSPS) is 11.7. The van der Waals surface area contributed by atoms with Crippen LogP contribution in [0, 0.1) is 5.92 Å². The zero-order valence-electron chi connectivity index (χ0n) is 15.8. The first-order valence-electron chi connectivity index (χ1n) is 8.63. The van der Waals surface area contributed by atoms with Gasteiger partial charge in [0.2, 0.25) is 12.0 Å². The van der Waals surface area contributed by atoms with E-state index >= 15 is 0 Å². The topological polar surface area (TPSA) is 87.2 Å². The van der Waals surface area contributed by atoms with E-state index in [2.05, 4.69) is 0 Å². The van der Waals surface area contributed by atoms with Crippen molar-refractivity contribution in [2.45, 2.75) is 32.8 Å². The first-order valence-corrected chi connectivity index (χ1v) is 8.63. The molecule has 0 aromatic heterocycles. The van der Waals surface area contributed by atoms with Crippen LogP contribution in [-0.2, 0) is 20.7 Å². The van der Waals surface area contributed by atoms with E-state index in [4.69, 9.17) is 4.74 Å². The van der Waals surface area contributed by atoms with Crippen LogP contribution in [-0.4, -0.2) is 66.2 Å². The molecule has 0 spiro atoms. The van der Waals surface area contributed by atoms with Gasteiger partial charge >= 0.3 is 12.1 Å². The molecule has 0 unspecified atom stereocenters. The summed E-state index contributed by atoms with van der Waals surface area (Å²) in [5.41, 5.74) is 0.773. The van der Waals surface area contributed by atoms with Crippen LogP contribution in [0.5, 0.6) is 0 Å². The van der Waals surface area contributed by atoms with E-state index in [9.17, 15) is 19.5 Å². The minimum Gasteiger partial charge on any atom is -0.478 e. The maximum Gasteiger partial charge on any atom is 0.410 e. The summed E-state index contributed by atoms with van der Waals surface area (Å²) in [5, 5.41) is 9.29. The smallest absolute Gasteiger partial charge is 0.410 e. The molecule has 1 rings (SSSR count). The van der Waals surface area contributed by atoms with Gasteiger partial charge in [-0.05, 0) is 11.5 Å². The number of nitrogens with zero attached hydrogens (tertiary/aromatic N) is 2. The third-order valence-corrected chi connectivity index (χ3v) is 3.87. The van der Waals surface area contributed by atoms with Crippen LogP contribution >= 0.6 is 0 Å². The molecule has 7 heteroatoms. The summed E-state index contributed by atoms with van der Waals surface area (Å²) in [6, 6.07) is 8.99. The fourth-order valence-corrected chi connectivity index (χ4v) is 2.24. The predicted molar refractivity (Wildman–Crippen MR) is 97.8 cm³/mol. The number of carbonyl (C=O) groups excluding carboxylic acids is 2. The van der Waals surface area contributed by atoms with Crippen molar-refractivity contribution in [2.24, 2.45) is 5.92 Å². The number of aliphatic carboxylic acids is 1. The molecule has 0 heterocycles. The van der Waals surface area contributed by atoms with E-state index < -0.39 is 18.2 Å². The quantitative estimate of drug-likeness (QED) is 0.726. The monoisotopic (exact) mass is 364 g/mol. The summed E-state index contributed by atoms with van der Waals surface area (Å²) in [6.45, 7) is 4.55. The van der Waals surface area contributed by atoms with Crippen LogP contribution in [0.3, 0.4) is 0 Å².